The molecule has 7 nitrogen and oxygen atoms in total. The van der Waals surface area contributed by atoms with Crippen LogP contribution in [0.1, 0.15) is 25.7 Å². The topological polar surface area (TPSA) is 89.7 Å². The molecule has 2 aliphatic heterocycles. The Balaban J connectivity index is 1.30. The van der Waals surface area contributed by atoms with Crippen LogP contribution in [0.5, 0.6) is 0 Å². The molecule has 4 rings (SSSR count). The van der Waals surface area contributed by atoms with Gasteiger partial charge in [-0.05, 0) is 37.8 Å². The van der Waals surface area contributed by atoms with Crippen LogP contribution in [0.4, 0.5) is 11.5 Å². The molecule has 0 radical (unpaired) electrons. The van der Waals surface area contributed by atoms with E-state index in [4.69, 9.17) is 15.2 Å². The fourth-order valence-electron chi connectivity index (χ4n) is 4.07. The second-order valence-corrected chi connectivity index (χ2v) is 7.38. The molecule has 3 aliphatic rings. The minimum absolute atomic E-state index is 0.00832. The Morgan fingerprint density at radius 1 is 1.24 bits per heavy atom. The van der Waals surface area contributed by atoms with E-state index < -0.39 is 0 Å². The molecule has 2 saturated heterocycles. The van der Waals surface area contributed by atoms with Gasteiger partial charge in [0.25, 0.3) is 0 Å². The largest absolute Gasteiger partial charge is 0.378 e. The first-order valence-corrected chi connectivity index (χ1v) is 9.13. The van der Waals surface area contributed by atoms with Gasteiger partial charge in [0.15, 0.2) is 0 Å². The molecule has 3 heterocycles. The van der Waals surface area contributed by atoms with Gasteiger partial charge in [-0.25, -0.2) is 4.98 Å². The molecule has 1 aromatic heterocycles. The van der Waals surface area contributed by atoms with E-state index in [0.29, 0.717) is 12.4 Å². The van der Waals surface area contributed by atoms with Crippen LogP contribution in [0.25, 0.3) is 0 Å². The number of ether oxygens (including phenoxy) is 2. The molecule has 0 aromatic carbocycles. The van der Waals surface area contributed by atoms with Crippen molar-refractivity contribution in [2.75, 3.05) is 43.1 Å². The van der Waals surface area contributed by atoms with Gasteiger partial charge < -0.3 is 25.4 Å². The predicted molar refractivity (Wildman–Crippen MR) is 94.5 cm³/mol. The standard InChI is InChI=1S/C18H26N4O3/c19-14-3-6-25-18(11-14)9-13(10-18)17(23)21-16-2-1-15(12-20-16)22-4-7-24-8-5-22/h1-2,12-14H,3-11,19H2,(H,20,21,23). The molecule has 1 aromatic rings. The van der Waals surface area contributed by atoms with Crippen molar-refractivity contribution < 1.29 is 14.3 Å². The smallest absolute Gasteiger partial charge is 0.228 e. The molecule has 1 aliphatic carbocycles. The number of nitrogens with two attached hydrogens (primary N) is 1. The molecular weight excluding hydrogens is 320 g/mol. The average molecular weight is 346 g/mol. The van der Waals surface area contributed by atoms with Gasteiger partial charge in [-0.2, -0.15) is 0 Å². The molecule has 3 N–H and O–H groups in total. The van der Waals surface area contributed by atoms with Crippen molar-refractivity contribution >= 4 is 17.4 Å². The fourth-order valence-corrected chi connectivity index (χ4v) is 4.07. The van der Waals surface area contributed by atoms with Crippen LogP contribution in [0.15, 0.2) is 18.3 Å². The molecule has 1 spiro atoms. The van der Waals surface area contributed by atoms with E-state index in [1.807, 2.05) is 18.3 Å². The van der Waals surface area contributed by atoms with Gasteiger partial charge in [0.2, 0.25) is 5.91 Å². The number of aromatic nitrogens is 1. The van der Waals surface area contributed by atoms with E-state index >= 15 is 0 Å². The van der Waals surface area contributed by atoms with Crippen molar-refractivity contribution in [1.29, 1.82) is 0 Å². The van der Waals surface area contributed by atoms with Gasteiger partial charge in [-0.3, -0.25) is 4.79 Å². The van der Waals surface area contributed by atoms with Crippen LogP contribution in [0.2, 0.25) is 0 Å². The summed E-state index contributed by atoms with van der Waals surface area (Å²) in [4.78, 5) is 19.0. The van der Waals surface area contributed by atoms with Crippen molar-refractivity contribution in [3.63, 3.8) is 0 Å². The van der Waals surface area contributed by atoms with Crippen LogP contribution < -0.4 is 16.0 Å². The number of anilines is 2. The summed E-state index contributed by atoms with van der Waals surface area (Å²) in [6.45, 7) is 3.95. The van der Waals surface area contributed by atoms with E-state index in [9.17, 15) is 4.79 Å². The number of nitrogens with zero attached hydrogens (tertiary/aromatic N) is 2. The van der Waals surface area contributed by atoms with E-state index in [-0.39, 0.29) is 23.5 Å². The number of hydrogen-bond donors (Lipinski definition) is 2. The molecular formula is C18H26N4O3. The highest BCUT2D eigenvalue weighted by molar-refractivity contribution is 5.92. The number of carbonyl (C=O) groups excluding carboxylic acids is 1. The van der Waals surface area contributed by atoms with Crippen LogP contribution in [-0.2, 0) is 14.3 Å². The van der Waals surface area contributed by atoms with Crippen LogP contribution >= 0.6 is 0 Å². The lowest BCUT2D eigenvalue weighted by molar-refractivity contribution is -0.166. The number of nitrogens with one attached hydrogen (secondary N) is 1. The zero-order valence-corrected chi connectivity index (χ0v) is 14.4. The van der Waals surface area contributed by atoms with Crippen molar-refractivity contribution in [3.8, 4) is 0 Å². The highest BCUT2D eigenvalue weighted by Crippen LogP contribution is 2.46. The third-order valence-corrected chi connectivity index (χ3v) is 5.51. The molecule has 136 valence electrons. The fraction of sp³-hybridized carbons (Fsp3) is 0.667. The van der Waals surface area contributed by atoms with Gasteiger partial charge in [-0.1, -0.05) is 0 Å². The average Bonchev–Trinajstić information content (AvgIpc) is 2.61. The van der Waals surface area contributed by atoms with Crippen molar-refractivity contribution in [2.45, 2.75) is 37.3 Å². The second-order valence-electron chi connectivity index (χ2n) is 7.38. The SMILES string of the molecule is NC1CCOC2(C1)CC(C(=O)Nc1ccc(N3CCOCC3)cn1)C2. The van der Waals surface area contributed by atoms with E-state index in [0.717, 1.165) is 57.7 Å². The summed E-state index contributed by atoms with van der Waals surface area (Å²) in [5.41, 5.74) is 6.94. The van der Waals surface area contributed by atoms with Crippen molar-refractivity contribution in [3.05, 3.63) is 18.3 Å². The Bertz CT molecular complexity index is 609. The molecule has 1 amide bonds. The Morgan fingerprint density at radius 2 is 2.04 bits per heavy atom. The Labute approximate surface area is 147 Å². The Kier molecular flexibility index (Phi) is 4.62. The molecule has 1 atom stereocenters. The van der Waals surface area contributed by atoms with Crippen molar-refractivity contribution in [2.24, 2.45) is 11.7 Å². The zero-order valence-electron chi connectivity index (χ0n) is 14.4. The van der Waals surface area contributed by atoms with Gasteiger partial charge in [0.05, 0.1) is 30.7 Å². The lowest BCUT2D eigenvalue weighted by atomic mass is 9.66. The molecule has 7 heteroatoms. The lowest BCUT2D eigenvalue weighted by Gasteiger charge is -2.50. The van der Waals surface area contributed by atoms with E-state index in [1.165, 1.54) is 0 Å². The first-order chi connectivity index (χ1) is 12.1. The van der Waals surface area contributed by atoms with E-state index in [1.54, 1.807) is 0 Å². The summed E-state index contributed by atoms with van der Waals surface area (Å²) < 4.78 is 11.3. The molecule has 25 heavy (non-hydrogen) atoms. The van der Waals surface area contributed by atoms with Crippen LogP contribution in [-0.4, -0.2) is 55.4 Å². The molecule has 1 saturated carbocycles. The number of morpholine rings is 1. The third kappa shape index (κ3) is 3.63. The lowest BCUT2D eigenvalue weighted by Crippen LogP contribution is -2.55. The number of amides is 1. The molecule has 0 bridgehead atoms. The zero-order chi connectivity index (χ0) is 17.3. The summed E-state index contributed by atoms with van der Waals surface area (Å²) >= 11 is 0. The number of hydrogen-bond acceptors (Lipinski definition) is 6. The first-order valence-electron chi connectivity index (χ1n) is 9.13. The summed E-state index contributed by atoms with van der Waals surface area (Å²) in [5, 5.41) is 2.93. The number of rotatable bonds is 3. The molecule has 3 fully saturated rings. The van der Waals surface area contributed by atoms with Gasteiger partial charge in [-0.15, -0.1) is 0 Å². The summed E-state index contributed by atoms with van der Waals surface area (Å²) in [6.07, 6.45) is 5.12. The quantitative estimate of drug-likeness (QED) is 0.853. The maximum absolute atomic E-state index is 12.4. The maximum Gasteiger partial charge on any atom is 0.228 e. The van der Waals surface area contributed by atoms with Crippen LogP contribution in [0.3, 0.4) is 0 Å². The number of carbonyl (C=O) groups is 1. The van der Waals surface area contributed by atoms with Gasteiger partial charge >= 0.3 is 0 Å². The Hall–Kier alpha value is -1.70. The molecule has 1 unspecified atom stereocenters. The normalized spacial score (nSPS) is 32.3. The van der Waals surface area contributed by atoms with Gasteiger partial charge in [0.1, 0.15) is 5.82 Å². The second kappa shape index (κ2) is 6.90. The monoisotopic (exact) mass is 346 g/mol. The summed E-state index contributed by atoms with van der Waals surface area (Å²) in [7, 11) is 0. The first kappa shape index (κ1) is 16.8. The van der Waals surface area contributed by atoms with Gasteiger partial charge in [0, 0.05) is 31.7 Å². The summed E-state index contributed by atoms with van der Waals surface area (Å²) in [6, 6.07) is 4.07. The highest BCUT2D eigenvalue weighted by atomic mass is 16.5. The minimum Gasteiger partial charge on any atom is -0.378 e. The van der Waals surface area contributed by atoms with Crippen LogP contribution in [0, 0.1) is 5.92 Å². The third-order valence-electron chi connectivity index (χ3n) is 5.51. The van der Waals surface area contributed by atoms with E-state index in [2.05, 4.69) is 15.2 Å². The summed E-state index contributed by atoms with van der Waals surface area (Å²) in [5.74, 6) is 0.621. The van der Waals surface area contributed by atoms with Crippen molar-refractivity contribution in [1.82, 2.24) is 4.98 Å². The Morgan fingerprint density at radius 3 is 2.72 bits per heavy atom. The number of pyridine rings is 1. The maximum atomic E-state index is 12.4. The highest BCUT2D eigenvalue weighted by Gasteiger charge is 2.50. The minimum atomic E-state index is -0.159. The predicted octanol–water partition coefficient (Wildman–Crippen LogP) is 1.14.